The predicted molar refractivity (Wildman–Crippen MR) is 47.6 cm³/mol. The first-order chi connectivity index (χ1) is 6.21. The van der Waals surface area contributed by atoms with E-state index in [-0.39, 0.29) is 5.60 Å². The van der Waals surface area contributed by atoms with Crippen LogP contribution in [-0.4, -0.2) is 19.8 Å². The number of hydrogen-bond donors (Lipinski definition) is 0. The molecule has 3 heteroatoms. The molecule has 0 radical (unpaired) electrons. The Labute approximate surface area is 77.6 Å². The summed E-state index contributed by atoms with van der Waals surface area (Å²) in [6, 6.07) is 1.99. The van der Waals surface area contributed by atoms with E-state index in [0.717, 1.165) is 11.3 Å². The first-order valence-electron chi connectivity index (χ1n) is 4.48. The van der Waals surface area contributed by atoms with Gasteiger partial charge in [0.15, 0.2) is 0 Å². The quantitative estimate of drug-likeness (QED) is 0.664. The van der Waals surface area contributed by atoms with E-state index in [1.165, 1.54) is 0 Å². The predicted octanol–water partition coefficient (Wildman–Crippen LogP) is 1.85. The van der Waals surface area contributed by atoms with Crippen molar-refractivity contribution in [3.05, 3.63) is 23.7 Å². The fraction of sp³-hybridized carbons (Fsp3) is 0.600. The summed E-state index contributed by atoms with van der Waals surface area (Å²) in [5.41, 5.74) is 0.737. The van der Waals surface area contributed by atoms with Crippen molar-refractivity contribution in [3.63, 3.8) is 0 Å². The van der Waals surface area contributed by atoms with Gasteiger partial charge in [0, 0.05) is 5.56 Å². The van der Waals surface area contributed by atoms with Gasteiger partial charge in [0.05, 0.1) is 26.1 Å². The average Bonchev–Trinajstić information content (AvgIpc) is 2.54. The van der Waals surface area contributed by atoms with Crippen LogP contribution in [0.4, 0.5) is 0 Å². The minimum atomic E-state index is -0.323. The van der Waals surface area contributed by atoms with Crippen LogP contribution in [0.3, 0.4) is 0 Å². The van der Waals surface area contributed by atoms with Crippen molar-refractivity contribution in [2.75, 3.05) is 19.8 Å². The Hall–Kier alpha value is -0.800. The van der Waals surface area contributed by atoms with Crippen LogP contribution < -0.4 is 0 Å². The van der Waals surface area contributed by atoms with Crippen LogP contribution in [0.25, 0.3) is 0 Å². The average molecular weight is 182 g/mol. The maximum absolute atomic E-state index is 5.68. The molecule has 0 spiro atoms. The molecular weight excluding hydrogens is 168 g/mol. The second-order valence-electron chi connectivity index (χ2n) is 3.58. The van der Waals surface area contributed by atoms with Gasteiger partial charge in [-0.25, -0.2) is 0 Å². The highest BCUT2D eigenvalue weighted by atomic mass is 16.6. The zero-order chi connectivity index (χ0) is 9.31. The highest BCUT2D eigenvalue weighted by molar-refractivity contribution is 5.20. The Morgan fingerprint density at radius 1 is 1.38 bits per heavy atom. The summed E-state index contributed by atoms with van der Waals surface area (Å²) >= 11 is 0. The van der Waals surface area contributed by atoms with Gasteiger partial charge in [-0.2, -0.15) is 0 Å². The van der Waals surface area contributed by atoms with Gasteiger partial charge >= 0.3 is 0 Å². The summed E-state index contributed by atoms with van der Waals surface area (Å²) in [5.74, 6) is 0.908. The lowest BCUT2D eigenvalue weighted by molar-refractivity contribution is -0.153. The lowest BCUT2D eigenvalue weighted by Gasteiger charge is -2.32. The van der Waals surface area contributed by atoms with Crippen LogP contribution in [0.5, 0.6) is 0 Å². The lowest BCUT2D eigenvalue weighted by atomic mass is 9.99. The summed E-state index contributed by atoms with van der Waals surface area (Å²) in [6.45, 7) is 5.89. The van der Waals surface area contributed by atoms with E-state index in [1.54, 1.807) is 6.26 Å². The first kappa shape index (κ1) is 8.78. The van der Waals surface area contributed by atoms with Crippen LogP contribution in [0.15, 0.2) is 16.7 Å². The van der Waals surface area contributed by atoms with Gasteiger partial charge in [0.25, 0.3) is 0 Å². The molecule has 1 aliphatic rings. The topological polar surface area (TPSA) is 31.6 Å². The van der Waals surface area contributed by atoms with E-state index in [0.29, 0.717) is 19.8 Å². The zero-order valence-corrected chi connectivity index (χ0v) is 8.00. The Morgan fingerprint density at radius 2 is 2.23 bits per heavy atom. The molecule has 1 aromatic rings. The molecule has 0 aliphatic carbocycles. The maximum Gasteiger partial charge on any atom is 0.117 e. The first-order valence-corrected chi connectivity index (χ1v) is 4.48. The second-order valence-corrected chi connectivity index (χ2v) is 3.58. The number of ether oxygens (including phenoxy) is 2. The Bertz CT molecular complexity index is 284. The molecule has 0 bridgehead atoms. The highest BCUT2D eigenvalue weighted by Gasteiger charge is 2.32. The third-order valence-corrected chi connectivity index (χ3v) is 2.37. The van der Waals surface area contributed by atoms with Gasteiger partial charge in [-0.1, -0.05) is 0 Å². The van der Waals surface area contributed by atoms with Crippen molar-refractivity contribution in [3.8, 4) is 0 Å². The molecular formula is C10H14O3. The fourth-order valence-corrected chi connectivity index (χ4v) is 1.52. The standard InChI is InChI=1S/C10H14O3/c1-8-5-9(6-12-8)10(2)7-11-3-4-13-10/h5-6H,3-4,7H2,1-2H3. The van der Waals surface area contributed by atoms with Gasteiger partial charge in [0.1, 0.15) is 11.4 Å². The molecule has 72 valence electrons. The van der Waals surface area contributed by atoms with Gasteiger partial charge in [-0.3, -0.25) is 0 Å². The van der Waals surface area contributed by atoms with Crippen molar-refractivity contribution >= 4 is 0 Å². The van der Waals surface area contributed by atoms with Crippen molar-refractivity contribution in [2.24, 2.45) is 0 Å². The van der Waals surface area contributed by atoms with Crippen LogP contribution in [0, 0.1) is 6.92 Å². The minimum Gasteiger partial charge on any atom is -0.469 e. The molecule has 13 heavy (non-hydrogen) atoms. The summed E-state index contributed by atoms with van der Waals surface area (Å²) in [7, 11) is 0. The number of furan rings is 1. The van der Waals surface area contributed by atoms with Crippen LogP contribution in [0.1, 0.15) is 18.2 Å². The normalized spacial score (nSPS) is 29.1. The SMILES string of the molecule is Cc1cc(C2(C)COCCO2)co1. The lowest BCUT2D eigenvalue weighted by Crippen LogP contribution is -2.37. The smallest absolute Gasteiger partial charge is 0.117 e. The number of rotatable bonds is 1. The third kappa shape index (κ3) is 1.62. The van der Waals surface area contributed by atoms with E-state index in [1.807, 2.05) is 19.9 Å². The third-order valence-electron chi connectivity index (χ3n) is 2.37. The molecule has 1 saturated heterocycles. The fourth-order valence-electron chi connectivity index (χ4n) is 1.52. The zero-order valence-electron chi connectivity index (χ0n) is 8.00. The van der Waals surface area contributed by atoms with E-state index in [4.69, 9.17) is 13.9 Å². The number of aryl methyl sites for hydroxylation is 1. The Balaban J connectivity index is 2.22. The molecule has 1 atom stereocenters. The molecule has 0 N–H and O–H groups in total. The van der Waals surface area contributed by atoms with Crippen LogP contribution in [-0.2, 0) is 15.1 Å². The van der Waals surface area contributed by atoms with Gasteiger partial charge in [-0.15, -0.1) is 0 Å². The van der Waals surface area contributed by atoms with Crippen molar-refractivity contribution in [2.45, 2.75) is 19.4 Å². The van der Waals surface area contributed by atoms with Gasteiger partial charge in [-0.05, 0) is 19.9 Å². The highest BCUT2D eigenvalue weighted by Crippen LogP contribution is 2.29. The summed E-state index contributed by atoms with van der Waals surface area (Å²) < 4.78 is 16.3. The molecule has 1 fully saturated rings. The van der Waals surface area contributed by atoms with Gasteiger partial charge < -0.3 is 13.9 Å². The van der Waals surface area contributed by atoms with E-state index in [9.17, 15) is 0 Å². The molecule has 0 aromatic carbocycles. The molecule has 2 rings (SSSR count). The molecule has 2 heterocycles. The van der Waals surface area contributed by atoms with Crippen molar-refractivity contribution < 1.29 is 13.9 Å². The maximum atomic E-state index is 5.68. The van der Waals surface area contributed by atoms with Crippen molar-refractivity contribution in [1.29, 1.82) is 0 Å². The van der Waals surface area contributed by atoms with E-state index >= 15 is 0 Å². The van der Waals surface area contributed by atoms with E-state index < -0.39 is 0 Å². The summed E-state index contributed by atoms with van der Waals surface area (Å²) in [6.07, 6.45) is 1.74. The molecule has 0 saturated carbocycles. The Kier molecular flexibility index (Phi) is 2.14. The van der Waals surface area contributed by atoms with Crippen molar-refractivity contribution in [1.82, 2.24) is 0 Å². The Morgan fingerprint density at radius 3 is 2.77 bits per heavy atom. The van der Waals surface area contributed by atoms with Crippen LogP contribution >= 0.6 is 0 Å². The molecule has 3 nitrogen and oxygen atoms in total. The largest absolute Gasteiger partial charge is 0.469 e. The minimum absolute atomic E-state index is 0.323. The number of hydrogen-bond acceptors (Lipinski definition) is 3. The molecule has 1 aliphatic heterocycles. The molecule has 1 unspecified atom stereocenters. The summed E-state index contributed by atoms with van der Waals surface area (Å²) in [4.78, 5) is 0. The van der Waals surface area contributed by atoms with E-state index in [2.05, 4.69) is 0 Å². The molecule has 0 amide bonds. The van der Waals surface area contributed by atoms with Crippen LogP contribution in [0.2, 0.25) is 0 Å². The monoisotopic (exact) mass is 182 g/mol. The molecule has 1 aromatic heterocycles. The van der Waals surface area contributed by atoms with Gasteiger partial charge in [0.2, 0.25) is 0 Å². The second kappa shape index (κ2) is 3.16. The summed E-state index contributed by atoms with van der Waals surface area (Å²) in [5, 5.41) is 0.